The van der Waals surface area contributed by atoms with Crippen LogP contribution in [0.4, 0.5) is 5.69 Å². The summed E-state index contributed by atoms with van der Waals surface area (Å²) in [6.45, 7) is 0. The lowest BCUT2D eigenvalue weighted by Gasteiger charge is -2.06. The number of ether oxygens (including phenoxy) is 1. The van der Waals surface area contributed by atoms with Gasteiger partial charge in [0, 0.05) is 17.8 Å². The van der Waals surface area contributed by atoms with Crippen molar-refractivity contribution < 1.29 is 28.6 Å². The summed E-state index contributed by atoms with van der Waals surface area (Å²) in [7, 11) is 1.52. The van der Waals surface area contributed by atoms with E-state index in [1.54, 1.807) is 24.3 Å². The van der Waals surface area contributed by atoms with Crippen molar-refractivity contribution >= 4 is 17.6 Å². The quantitative estimate of drug-likeness (QED) is 0.614. The van der Waals surface area contributed by atoms with E-state index in [1.165, 1.54) is 36.1 Å². The van der Waals surface area contributed by atoms with Crippen LogP contribution in [-0.2, 0) is 0 Å². The highest BCUT2D eigenvalue weighted by atomic mass is 16.5. The Morgan fingerprint density at radius 3 is 2.58 bits per heavy atom. The number of amides is 1. The van der Waals surface area contributed by atoms with Crippen LogP contribution in [0.3, 0.4) is 0 Å². The second-order valence-corrected chi connectivity index (χ2v) is 5.19. The number of aromatic nitrogens is 2. The summed E-state index contributed by atoms with van der Waals surface area (Å²) >= 11 is 0. The van der Waals surface area contributed by atoms with E-state index in [9.17, 15) is 19.5 Å². The molecule has 0 atom stereocenters. The summed E-state index contributed by atoms with van der Waals surface area (Å²) in [4.78, 5) is 35.3. The topological polar surface area (TPSA) is 128 Å². The fraction of sp³-hybridized carbons (Fsp3) is 0.0588. The minimum atomic E-state index is -1.38. The molecule has 0 saturated carbocycles. The second-order valence-electron chi connectivity index (χ2n) is 5.19. The number of nitrogens with zero attached hydrogens (tertiary/aromatic N) is 1. The van der Waals surface area contributed by atoms with Crippen molar-refractivity contribution in [2.45, 2.75) is 0 Å². The molecule has 0 radical (unpaired) electrons. The predicted octanol–water partition coefficient (Wildman–Crippen LogP) is -0.131. The lowest BCUT2D eigenvalue weighted by atomic mass is 10.2. The molecule has 1 heterocycles. The van der Waals surface area contributed by atoms with Gasteiger partial charge in [-0.05, 0) is 39.8 Å². The van der Waals surface area contributed by atoms with Crippen LogP contribution in [0.5, 0.6) is 5.75 Å². The van der Waals surface area contributed by atoms with Gasteiger partial charge in [0.05, 0.1) is 13.1 Å². The third-order valence-corrected chi connectivity index (χ3v) is 3.55. The summed E-state index contributed by atoms with van der Waals surface area (Å²) in [6.07, 6.45) is 0. The SMILES string of the molecule is COc1ccc(-[n+]2[nH]oc(=O)c2C(=O)Nc2cccc(C(=O)[O-])c2)cc1. The van der Waals surface area contributed by atoms with Gasteiger partial charge in [-0.2, -0.15) is 0 Å². The molecular weight excluding hydrogens is 342 g/mol. The number of carbonyl (C=O) groups is 2. The van der Waals surface area contributed by atoms with Gasteiger partial charge in [-0.25, -0.2) is 4.79 Å². The molecular formula is C17H13N3O6. The predicted molar refractivity (Wildman–Crippen MR) is 86.1 cm³/mol. The van der Waals surface area contributed by atoms with Gasteiger partial charge in [-0.15, -0.1) is 0 Å². The average Bonchev–Trinajstić information content (AvgIpc) is 3.03. The van der Waals surface area contributed by atoms with E-state index in [0.29, 0.717) is 11.4 Å². The number of nitrogens with one attached hydrogen (secondary N) is 2. The van der Waals surface area contributed by atoms with E-state index in [1.807, 2.05) is 0 Å². The highest BCUT2D eigenvalue weighted by Gasteiger charge is 2.31. The molecule has 0 aliphatic carbocycles. The highest BCUT2D eigenvalue weighted by molar-refractivity contribution is 6.02. The molecule has 132 valence electrons. The molecule has 9 heteroatoms. The van der Waals surface area contributed by atoms with Crippen LogP contribution in [-0.4, -0.2) is 24.3 Å². The standard InChI is InChI=1S/C17H13N3O6/c1-25-13-7-5-12(6-8-13)20-14(17(24)26-19-20)15(21)18-11-4-2-3-10(9-11)16(22)23/h2-9H,1H3,(H2-,18,19,21,22,23,24). The molecule has 0 unspecified atom stereocenters. The minimum Gasteiger partial charge on any atom is -0.545 e. The molecule has 9 nitrogen and oxygen atoms in total. The van der Waals surface area contributed by atoms with Gasteiger partial charge in [-0.3, -0.25) is 9.32 Å². The maximum absolute atomic E-state index is 12.5. The fourth-order valence-corrected chi connectivity index (χ4v) is 2.29. The van der Waals surface area contributed by atoms with Gasteiger partial charge < -0.3 is 20.0 Å². The number of aromatic amines is 1. The summed E-state index contributed by atoms with van der Waals surface area (Å²) in [5, 5.41) is 15.7. The van der Waals surface area contributed by atoms with Crippen LogP contribution in [0.1, 0.15) is 20.8 Å². The third kappa shape index (κ3) is 3.31. The summed E-state index contributed by atoms with van der Waals surface area (Å²) < 4.78 is 10.9. The van der Waals surface area contributed by atoms with E-state index in [0.717, 1.165) is 0 Å². The van der Waals surface area contributed by atoms with Crippen molar-refractivity contribution in [2.24, 2.45) is 0 Å². The van der Waals surface area contributed by atoms with E-state index in [-0.39, 0.29) is 16.9 Å². The first-order valence-corrected chi connectivity index (χ1v) is 7.40. The molecule has 0 aliphatic rings. The maximum atomic E-state index is 12.5. The Kier molecular flexibility index (Phi) is 4.52. The smallest absolute Gasteiger partial charge is 0.441 e. The van der Waals surface area contributed by atoms with Gasteiger partial charge in [0.25, 0.3) is 0 Å². The number of rotatable bonds is 5. The molecule has 2 aromatic carbocycles. The zero-order valence-electron chi connectivity index (χ0n) is 13.5. The minimum absolute atomic E-state index is 0.105. The molecule has 0 saturated heterocycles. The van der Waals surface area contributed by atoms with E-state index in [2.05, 4.69) is 10.6 Å². The van der Waals surface area contributed by atoms with Crippen molar-refractivity contribution in [3.05, 3.63) is 70.2 Å². The first-order valence-electron chi connectivity index (χ1n) is 7.40. The number of aromatic carboxylic acids is 1. The van der Waals surface area contributed by atoms with Crippen LogP contribution in [0.15, 0.2) is 57.8 Å². The van der Waals surface area contributed by atoms with Crippen molar-refractivity contribution in [2.75, 3.05) is 12.4 Å². The lowest BCUT2D eigenvalue weighted by molar-refractivity contribution is -0.672. The molecule has 3 aromatic rings. The van der Waals surface area contributed by atoms with Crippen molar-refractivity contribution in [1.82, 2.24) is 5.27 Å². The molecule has 0 bridgehead atoms. The van der Waals surface area contributed by atoms with Gasteiger partial charge in [0.2, 0.25) is 5.69 Å². The second kappa shape index (κ2) is 6.93. The van der Waals surface area contributed by atoms with E-state index >= 15 is 0 Å². The van der Waals surface area contributed by atoms with E-state index in [4.69, 9.17) is 9.26 Å². The summed E-state index contributed by atoms with van der Waals surface area (Å²) in [6, 6.07) is 12.0. The number of hydrogen-bond acceptors (Lipinski definition) is 6. The Hall–Kier alpha value is -3.88. The Morgan fingerprint density at radius 1 is 1.19 bits per heavy atom. The molecule has 2 N–H and O–H groups in total. The first-order chi connectivity index (χ1) is 12.5. The molecule has 3 rings (SSSR count). The number of anilines is 1. The average molecular weight is 355 g/mol. The number of methoxy groups -OCH3 is 1. The van der Waals surface area contributed by atoms with Crippen LogP contribution in [0, 0.1) is 0 Å². The molecule has 26 heavy (non-hydrogen) atoms. The fourth-order valence-electron chi connectivity index (χ4n) is 2.29. The van der Waals surface area contributed by atoms with Gasteiger partial charge in [0.15, 0.2) is 0 Å². The summed E-state index contributed by atoms with van der Waals surface area (Å²) in [5.74, 6) is -1.55. The van der Waals surface area contributed by atoms with Crippen LogP contribution in [0.25, 0.3) is 5.69 Å². The molecule has 1 aromatic heterocycles. The van der Waals surface area contributed by atoms with Gasteiger partial charge in [-0.1, -0.05) is 12.1 Å². The van der Waals surface area contributed by atoms with Crippen molar-refractivity contribution in [3.8, 4) is 11.4 Å². The van der Waals surface area contributed by atoms with Crippen LogP contribution in [0.2, 0.25) is 0 Å². The Morgan fingerprint density at radius 2 is 1.92 bits per heavy atom. The lowest BCUT2D eigenvalue weighted by Crippen LogP contribution is -2.42. The highest BCUT2D eigenvalue weighted by Crippen LogP contribution is 2.13. The number of hydrogen-bond donors (Lipinski definition) is 2. The number of carboxylic acids is 1. The molecule has 1 amide bonds. The maximum Gasteiger partial charge on any atom is 0.441 e. The van der Waals surface area contributed by atoms with Gasteiger partial charge >= 0.3 is 17.2 Å². The van der Waals surface area contributed by atoms with Crippen molar-refractivity contribution in [3.63, 3.8) is 0 Å². The number of benzene rings is 2. The Balaban J connectivity index is 1.93. The zero-order valence-corrected chi connectivity index (χ0v) is 13.5. The Bertz CT molecular complexity index is 1020. The molecule has 0 aliphatic heterocycles. The van der Waals surface area contributed by atoms with E-state index < -0.39 is 17.5 Å². The molecule has 0 fully saturated rings. The monoisotopic (exact) mass is 355 g/mol. The third-order valence-electron chi connectivity index (χ3n) is 3.55. The number of carboxylic acid groups (broad SMARTS) is 1. The normalized spacial score (nSPS) is 10.3. The van der Waals surface area contributed by atoms with Crippen molar-refractivity contribution in [1.29, 1.82) is 0 Å². The Labute approximate surface area is 146 Å². The first kappa shape index (κ1) is 17.0. The van der Waals surface area contributed by atoms with Gasteiger partial charge in [0.1, 0.15) is 5.75 Å². The van der Waals surface area contributed by atoms with Crippen LogP contribution < -0.4 is 25.5 Å². The number of carbonyl (C=O) groups excluding carboxylic acids is 2. The zero-order chi connectivity index (χ0) is 18.7. The largest absolute Gasteiger partial charge is 0.545 e. The molecule has 0 spiro atoms. The number of H-pyrrole nitrogens is 1. The van der Waals surface area contributed by atoms with Crippen LogP contribution >= 0.6 is 0 Å². The summed E-state index contributed by atoms with van der Waals surface area (Å²) in [5.41, 5.74) is -0.640.